The minimum Gasteiger partial charge on any atom is -0.480 e. The van der Waals surface area contributed by atoms with Gasteiger partial charge in [-0.05, 0) is 5.56 Å². The normalized spacial score (nSPS) is 19.1. The van der Waals surface area contributed by atoms with Crippen LogP contribution >= 0.6 is 0 Å². The highest BCUT2D eigenvalue weighted by molar-refractivity contribution is 5.73. The van der Waals surface area contributed by atoms with E-state index in [2.05, 4.69) is 12.1 Å². The van der Waals surface area contributed by atoms with Gasteiger partial charge in [0.2, 0.25) is 0 Å². The summed E-state index contributed by atoms with van der Waals surface area (Å²) in [5.74, 6) is -0.552. The first-order valence-electron chi connectivity index (χ1n) is 5.35. The summed E-state index contributed by atoms with van der Waals surface area (Å²) < 4.78 is 0. The van der Waals surface area contributed by atoms with E-state index < -0.39 is 12.0 Å². The molecule has 0 spiro atoms. The molecule has 0 aliphatic carbocycles. The van der Waals surface area contributed by atoms with Crippen molar-refractivity contribution in [3.05, 3.63) is 35.9 Å². The first-order chi connectivity index (χ1) is 7.72. The summed E-state index contributed by atoms with van der Waals surface area (Å²) >= 11 is 0. The molecule has 16 heavy (non-hydrogen) atoms. The first kappa shape index (κ1) is 11.1. The monoisotopic (exact) mass is 221 g/mol. The second kappa shape index (κ2) is 4.63. The van der Waals surface area contributed by atoms with Crippen LogP contribution in [0.1, 0.15) is 11.5 Å². The average molecular weight is 221 g/mol. The van der Waals surface area contributed by atoms with Crippen LogP contribution in [0.4, 0.5) is 0 Å². The lowest BCUT2D eigenvalue weighted by atomic mass is 9.90. The van der Waals surface area contributed by atoms with E-state index in [1.807, 2.05) is 18.2 Å². The van der Waals surface area contributed by atoms with E-state index in [4.69, 9.17) is 10.2 Å². The number of hydrogen-bond acceptors (Lipinski definition) is 3. The molecule has 1 aliphatic heterocycles. The number of hydrogen-bond donors (Lipinski definition) is 2. The van der Waals surface area contributed by atoms with Crippen molar-refractivity contribution in [2.24, 2.45) is 0 Å². The third-order valence-electron chi connectivity index (χ3n) is 3.08. The van der Waals surface area contributed by atoms with Gasteiger partial charge in [0, 0.05) is 19.0 Å². The van der Waals surface area contributed by atoms with Crippen molar-refractivity contribution in [2.45, 2.75) is 12.0 Å². The van der Waals surface area contributed by atoms with Crippen LogP contribution in [0.15, 0.2) is 30.3 Å². The Morgan fingerprint density at radius 2 is 2.00 bits per heavy atom. The smallest absolute Gasteiger partial charge is 0.323 e. The first-order valence-corrected chi connectivity index (χ1v) is 5.35. The van der Waals surface area contributed by atoms with Crippen molar-refractivity contribution in [2.75, 3.05) is 19.7 Å². The summed E-state index contributed by atoms with van der Waals surface area (Å²) in [5, 5.41) is 17.8. The van der Waals surface area contributed by atoms with Gasteiger partial charge < -0.3 is 10.2 Å². The summed E-state index contributed by atoms with van der Waals surface area (Å²) in [5.41, 5.74) is 1.24. The van der Waals surface area contributed by atoms with Gasteiger partial charge in [-0.3, -0.25) is 9.69 Å². The molecule has 0 radical (unpaired) electrons. The van der Waals surface area contributed by atoms with Crippen LogP contribution in [0.5, 0.6) is 0 Å². The molecule has 2 N–H and O–H groups in total. The van der Waals surface area contributed by atoms with E-state index in [1.165, 1.54) is 5.56 Å². The van der Waals surface area contributed by atoms with Crippen molar-refractivity contribution in [3.8, 4) is 0 Å². The molecular formula is C12H15NO3. The van der Waals surface area contributed by atoms with Gasteiger partial charge in [0.05, 0.1) is 6.61 Å². The van der Waals surface area contributed by atoms with Gasteiger partial charge >= 0.3 is 5.97 Å². The van der Waals surface area contributed by atoms with Gasteiger partial charge in [-0.2, -0.15) is 0 Å². The fourth-order valence-corrected chi connectivity index (χ4v) is 2.05. The van der Waals surface area contributed by atoms with Crippen LogP contribution < -0.4 is 0 Å². The summed E-state index contributed by atoms with van der Waals surface area (Å²) in [4.78, 5) is 12.6. The minimum atomic E-state index is -0.950. The number of rotatable bonds is 4. The average Bonchev–Trinajstić information content (AvgIpc) is 2.23. The molecule has 1 aromatic carbocycles. The van der Waals surface area contributed by atoms with E-state index in [1.54, 1.807) is 4.90 Å². The number of carboxylic acid groups (broad SMARTS) is 1. The molecule has 1 aromatic rings. The van der Waals surface area contributed by atoms with Gasteiger partial charge in [0.1, 0.15) is 6.04 Å². The zero-order valence-electron chi connectivity index (χ0n) is 8.91. The maximum absolute atomic E-state index is 10.8. The van der Waals surface area contributed by atoms with E-state index in [0.29, 0.717) is 19.0 Å². The Kier molecular flexibility index (Phi) is 3.22. The SMILES string of the molecule is O=C(O)C(CO)N1CC(c2ccccc2)C1. The van der Waals surface area contributed by atoms with Crippen LogP contribution in [0.3, 0.4) is 0 Å². The molecule has 1 aliphatic rings. The largest absolute Gasteiger partial charge is 0.480 e. The second-order valence-corrected chi connectivity index (χ2v) is 4.10. The molecule has 1 atom stereocenters. The van der Waals surface area contributed by atoms with Crippen LogP contribution in [0, 0.1) is 0 Å². The Hall–Kier alpha value is -1.39. The van der Waals surface area contributed by atoms with Gasteiger partial charge in [-0.15, -0.1) is 0 Å². The number of aliphatic hydroxyl groups excluding tert-OH is 1. The predicted octanol–water partition coefficient (Wildman–Crippen LogP) is 0.531. The zero-order chi connectivity index (χ0) is 11.5. The Morgan fingerprint density at radius 3 is 2.50 bits per heavy atom. The quantitative estimate of drug-likeness (QED) is 0.778. The van der Waals surface area contributed by atoms with Crippen LogP contribution in [0.2, 0.25) is 0 Å². The van der Waals surface area contributed by atoms with Gasteiger partial charge in [0.15, 0.2) is 0 Å². The molecular weight excluding hydrogens is 206 g/mol. The number of aliphatic carboxylic acids is 1. The topological polar surface area (TPSA) is 60.8 Å². The number of likely N-dealkylation sites (tertiary alicyclic amines) is 1. The van der Waals surface area contributed by atoms with Crippen molar-refractivity contribution in [3.63, 3.8) is 0 Å². The van der Waals surface area contributed by atoms with Crippen LogP contribution in [-0.4, -0.2) is 46.8 Å². The van der Waals surface area contributed by atoms with Crippen molar-refractivity contribution in [1.29, 1.82) is 0 Å². The highest BCUT2D eigenvalue weighted by atomic mass is 16.4. The Morgan fingerprint density at radius 1 is 1.38 bits per heavy atom. The van der Waals surface area contributed by atoms with E-state index >= 15 is 0 Å². The number of carboxylic acids is 1. The molecule has 0 saturated carbocycles. The summed E-state index contributed by atoms with van der Waals surface area (Å²) in [7, 11) is 0. The summed E-state index contributed by atoms with van der Waals surface area (Å²) in [6.45, 7) is 1.10. The molecule has 1 saturated heterocycles. The van der Waals surface area contributed by atoms with Gasteiger partial charge in [0.25, 0.3) is 0 Å². The summed E-state index contributed by atoms with van der Waals surface area (Å²) in [6.07, 6.45) is 0. The molecule has 1 heterocycles. The number of aliphatic hydroxyl groups is 1. The number of carbonyl (C=O) groups is 1. The van der Waals surface area contributed by atoms with E-state index in [0.717, 1.165) is 0 Å². The Labute approximate surface area is 94.1 Å². The fraction of sp³-hybridized carbons (Fsp3) is 0.417. The predicted molar refractivity (Wildman–Crippen MR) is 59.3 cm³/mol. The fourth-order valence-electron chi connectivity index (χ4n) is 2.05. The molecule has 4 heteroatoms. The van der Waals surface area contributed by atoms with Gasteiger partial charge in [-0.25, -0.2) is 0 Å². The lowest BCUT2D eigenvalue weighted by Crippen LogP contribution is -2.55. The maximum atomic E-state index is 10.8. The molecule has 86 valence electrons. The lowest BCUT2D eigenvalue weighted by Gasteiger charge is -2.42. The number of benzene rings is 1. The van der Waals surface area contributed by atoms with Crippen molar-refractivity contribution < 1.29 is 15.0 Å². The van der Waals surface area contributed by atoms with Crippen LogP contribution in [-0.2, 0) is 4.79 Å². The molecule has 2 rings (SSSR count). The third kappa shape index (κ3) is 2.08. The third-order valence-corrected chi connectivity index (χ3v) is 3.08. The van der Waals surface area contributed by atoms with Gasteiger partial charge in [-0.1, -0.05) is 30.3 Å². The minimum absolute atomic E-state index is 0.323. The molecule has 0 aromatic heterocycles. The Balaban J connectivity index is 1.93. The highest BCUT2D eigenvalue weighted by Gasteiger charge is 2.36. The lowest BCUT2D eigenvalue weighted by molar-refractivity contribution is -0.147. The van der Waals surface area contributed by atoms with E-state index in [-0.39, 0.29) is 6.61 Å². The number of nitrogens with zero attached hydrogens (tertiary/aromatic N) is 1. The molecule has 0 amide bonds. The molecule has 4 nitrogen and oxygen atoms in total. The highest BCUT2D eigenvalue weighted by Crippen LogP contribution is 2.28. The molecule has 1 unspecified atom stereocenters. The maximum Gasteiger partial charge on any atom is 0.323 e. The van der Waals surface area contributed by atoms with Crippen LogP contribution in [0.25, 0.3) is 0 Å². The van der Waals surface area contributed by atoms with E-state index in [9.17, 15) is 4.79 Å². The molecule has 1 fully saturated rings. The van der Waals surface area contributed by atoms with Crippen molar-refractivity contribution in [1.82, 2.24) is 4.90 Å². The summed E-state index contributed by atoms with van der Waals surface area (Å²) in [6, 6.07) is 9.29. The standard InChI is InChI=1S/C12H15NO3/c14-8-11(12(15)16)13-6-10(7-13)9-4-2-1-3-5-9/h1-5,10-11,14H,6-8H2,(H,15,16). The van der Waals surface area contributed by atoms with Crippen molar-refractivity contribution >= 4 is 5.97 Å². The molecule has 0 bridgehead atoms. The second-order valence-electron chi connectivity index (χ2n) is 4.10. The zero-order valence-corrected chi connectivity index (χ0v) is 8.91. The Bertz CT molecular complexity index is 360.